The second-order valence-corrected chi connectivity index (χ2v) is 7.85. The molecule has 2 aromatic rings. The number of aliphatic imine (C=N–C) groups is 1. The minimum absolute atomic E-state index is 0.499. The topological polar surface area (TPSA) is 65.4 Å². The van der Waals surface area contributed by atoms with Gasteiger partial charge in [0.15, 0.2) is 5.75 Å². The lowest BCUT2D eigenvalue weighted by molar-refractivity contribution is -0.144. The Bertz CT molecular complexity index is 944. The van der Waals surface area contributed by atoms with Crippen LogP contribution in [0.3, 0.4) is 0 Å². The van der Waals surface area contributed by atoms with E-state index in [0.717, 1.165) is 67.6 Å². The Morgan fingerprint density at radius 1 is 1.00 bits per heavy atom. The lowest BCUT2D eigenvalue weighted by atomic mass is 10.1. The number of carboxylic acids is 1. The number of para-hydroxylation sites is 3. The number of fused-ring (bicyclic) bond motifs is 2. The Hall–Kier alpha value is -2.86. The summed E-state index contributed by atoms with van der Waals surface area (Å²) < 4.78 is 6.13. The standard InChI is InChI=1S/C22H23N3O3/c26-21(27)22(9-10-22)15-24-11-13-25(14-12-24)20-16-5-1-3-7-18(16)28-19-8-4-2-6-17(19)23-20/h1-8H,9-15H2,(H,26,27). The van der Waals surface area contributed by atoms with Crippen LogP contribution in [0.4, 0.5) is 5.69 Å². The normalized spacial score (nSPS) is 20.3. The maximum atomic E-state index is 11.5. The van der Waals surface area contributed by atoms with Crippen molar-refractivity contribution in [3.05, 3.63) is 54.1 Å². The van der Waals surface area contributed by atoms with Gasteiger partial charge in [-0.3, -0.25) is 9.69 Å². The highest BCUT2D eigenvalue weighted by atomic mass is 16.5. The predicted octanol–water partition coefficient (Wildman–Crippen LogP) is 3.35. The number of nitrogens with zero attached hydrogens (tertiary/aromatic N) is 3. The number of rotatable bonds is 3. The highest BCUT2D eigenvalue weighted by molar-refractivity contribution is 6.03. The van der Waals surface area contributed by atoms with Crippen molar-refractivity contribution in [2.24, 2.45) is 10.4 Å². The van der Waals surface area contributed by atoms with Crippen LogP contribution in [-0.4, -0.2) is 59.4 Å². The number of piperazine rings is 1. The summed E-state index contributed by atoms with van der Waals surface area (Å²) in [6, 6.07) is 15.9. The fraction of sp³-hybridized carbons (Fsp3) is 0.364. The third kappa shape index (κ3) is 3.03. The van der Waals surface area contributed by atoms with Crippen molar-refractivity contribution in [2.75, 3.05) is 32.7 Å². The summed E-state index contributed by atoms with van der Waals surface area (Å²) in [4.78, 5) is 21.0. The number of carboxylic acid groups (broad SMARTS) is 1. The van der Waals surface area contributed by atoms with Crippen molar-refractivity contribution in [3.8, 4) is 11.5 Å². The van der Waals surface area contributed by atoms with E-state index in [-0.39, 0.29) is 0 Å². The molecular weight excluding hydrogens is 354 g/mol. The van der Waals surface area contributed by atoms with Crippen molar-refractivity contribution >= 4 is 17.5 Å². The molecule has 6 nitrogen and oxygen atoms in total. The van der Waals surface area contributed by atoms with Gasteiger partial charge in [-0.1, -0.05) is 24.3 Å². The van der Waals surface area contributed by atoms with E-state index in [1.165, 1.54) is 0 Å². The number of aliphatic carboxylic acids is 1. The molecule has 0 bridgehead atoms. The Balaban J connectivity index is 1.39. The van der Waals surface area contributed by atoms with E-state index in [4.69, 9.17) is 9.73 Å². The Labute approximate surface area is 164 Å². The van der Waals surface area contributed by atoms with E-state index < -0.39 is 11.4 Å². The summed E-state index contributed by atoms with van der Waals surface area (Å²) in [5.41, 5.74) is 1.33. The number of benzene rings is 2. The zero-order valence-electron chi connectivity index (χ0n) is 15.7. The number of hydrogen-bond acceptors (Lipinski definition) is 5. The van der Waals surface area contributed by atoms with Crippen LogP contribution in [0.5, 0.6) is 11.5 Å². The minimum Gasteiger partial charge on any atom is -0.481 e. The molecule has 0 spiro atoms. The maximum absolute atomic E-state index is 11.5. The molecule has 1 saturated carbocycles. The van der Waals surface area contributed by atoms with Gasteiger partial charge in [0.1, 0.15) is 17.3 Å². The fourth-order valence-corrected chi connectivity index (χ4v) is 4.05. The van der Waals surface area contributed by atoms with Gasteiger partial charge in [-0.2, -0.15) is 0 Å². The van der Waals surface area contributed by atoms with Gasteiger partial charge in [-0.25, -0.2) is 4.99 Å². The largest absolute Gasteiger partial charge is 0.481 e. The maximum Gasteiger partial charge on any atom is 0.310 e. The average molecular weight is 377 g/mol. The van der Waals surface area contributed by atoms with E-state index in [9.17, 15) is 9.90 Å². The Kier molecular flexibility index (Phi) is 4.09. The zero-order chi connectivity index (χ0) is 19.1. The second kappa shape index (κ2) is 6.63. The SMILES string of the molecule is O=C(O)C1(CN2CCN(C3=Nc4ccccc4Oc4ccccc43)CC2)CC1. The third-order valence-corrected chi connectivity index (χ3v) is 5.94. The first-order chi connectivity index (χ1) is 13.6. The molecule has 1 aliphatic carbocycles. The molecule has 2 heterocycles. The molecule has 1 N–H and O–H groups in total. The van der Waals surface area contributed by atoms with Crippen LogP contribution in [0.1, 0.15) is 18.4 Å². The van der Waals surface area contributed by atoms with Crippen LogP contribution < -0.4 is 4.74 Å². The average Bonchev–Trinajstić information content (AvgIpc) is 3.51. The van der Waals surface area contributed by atoms with E-state index in [1.54, 1.807) is 0 Å². The molecule has 3 aliphatic rings. The minimum atomic E-state index is -0.647. The first kappa shape index (κ1) is 17.3. The van der Waals surface area contributed by atoms with E-state index >= 15 is 0 Å². The number of hydrogen-bond donors (Lipinski definition) is 1. The van der Waals surface area contributed by atoms with Gasteiger partial charge in [0.25, 0.3) is 0 Å². The first-order valence-corrected chi connectivity index (χ1v) is 9.80. The van der Waals surface area contributed by atoms with Crippen LogP contribution in [0.15, 0.2) is 53.5 Å². The van der Waals surface area contributed by atoms with Crippen LogP contribution in [0.25, 0.3) is 0 Å². The van der Waals surface area contributed by atoms with Crippen molar-refractivity contribution in [1.29, 1.82) is 0 Å². The zero-order valence-corrected chi connectivity index (χ0v) is 15.7. The van der Waals surface area contributed by atoms with Gasteiger partial charge in [0, 0.05) is 32.7 Å². The molecule has 6 heteroatoms. The molecule has 2 fully saturated rings. The van der Waals surface area contributed by atoms with Crippen molar-refractivity contribution in [2.45, 2.75) is 12.8 Å². The lowest BCUT2D eigenvalue weighted by Crippen LogP contribution is -2.50. The smallest absolute Gasteiger partial charge is 0.310 e. The van der Waals surface area contributed by atoms with Crippen LogP contribution >= 0.6 is 0 Å². The molecule has 0 aromatic heterocycles. The van der Waals surface area contributed by atoms with Gasteiger partial charge in [0.2, 0.25) is 0 Å². The molecule has 2 aromatic carbocycles. The van der Waals surface area contributed by atoms with E-state index in [1.807, 2.05) is 42.5 Å². The molecule has 2 aliphatic heterocycles. The number of amidine groups is 1. The monoisotopic (exact) mass is 377 g/mol. The van der Waals surface area contributed by atoms with Gasteiger partial charge in [0.05, 0.1) is 11.0 Å². The summed E-state index contributed by atoms with van der Waals surface area (Å²) in [6.45, 7) is 4.00. The highest BCUT2D eigenvalue weighted by Crippen LogP contribution is 2.46. The molecule has 0 amide bonds. The van der Waals surface area contributed by atoms with Gasteiger partial charge in [-0.05, 0) is 37.1 Å². The molecule has 1 saturated heterocycles. The molecule has 0 atom stereocenters. The van der Waals surface area contributed by atoms with Crippen LogP contribution in [0, 0.1) is 5.41 Å². The van der Waals surface area contributed by atoms with Crippen molar-refractivity contribution in [3.63, 3.8) is 0 Å². The van der Waals surface area contributed by atoms with Gasteiger partial charge < -0.3 is 14.7 Å². The molecule has 28 heavy (non-hydrogen) atoms. The third-order valence-electron chi connectivity index (χ3n) is 5.94. The van der Waals surface area contributed by atoms with Crippen molar-refractivity contribution in [1.82, 2.24) is 9.80 Å². The number of carbonyl (C=O) groups is 1. The molecule has 5 rings (SSSR count). The van der Waals surface area contributed by atoms with E-state index in [2.05, 4.69) is 15.9 Å². The summed E-state index contributed by atoms with van der Waals surface area (Å²) in [7, 11) is 0. The van der Waals surface area contributed by atoms with Crippen LogP contribution in [-0.2, 0) is 4.79 Å². The lowest BCUT2D eigenvalue weighted by Gasteiger charge is -2.37. The fourth-order valence-electron chi connectivity index (χ4n) is 4.05. The molecular formula is C22H23N3O3. The van der Waals surface area contributed by atoms with Gasteiger partial charge >= 0.3 is 5.97 Å². The second-order valence-electron chi connectivity index (χ2n) is 7.85. The quantitative estimate of drug-likeness (QED) is 0.889. The van der Waals surface area contributed by atoms with Gasteiger partial charge in [-0.15, -0.1) is 0 Å². The van der Waals surface area contributed by atoms with Crippen molar-refractivity contribution < 1.29 is 14.6 Å². The number of ether oxygens (including phenoxy) is 1. The summed E-state index contributed by atoms with van der Waals surface area (Å²) in [6.07, 6.45) is 1.60. The summed E-state index contributed by atoms with van der Waals surface area (Å²) >= 11 is 0. The Morgan fingerprint density at radius 2 is 1.68 bits per heavy atom. The molecule has 0 radical (unpaired) electrons. The summed E-state index contributed by atoms with van der Waals surface area (Å²) in [5, 5.41) is 9.45. The van der Waals surface area contributed by atoms with Crippen LogP contribution in [0.2, 0.25) is 0 Å². The first-order valence-electron chi connectivity index (χ1n) is 9.80. The molecule has 0 unspecified atom stereocenters. The Morgan fingerprint density at radius 3 is 2.39 bits per heavy atom. The summed E-state index contributed by atoms with van der Waals surface area (Å²) in [5.74, 6) is 1.86. The van der Waals surface area contributed by atoms with E-state index in [0.29, 0.717) is 6.54 Å². The molecule has 144 valence electrons. The highest BCUT2D eigenvalue weighted by Gasteiger charge is 2.51. The predicted molar refractivity (Wildman–Crippen MR) is 106 cm³/mol.